The Morgan fingerprint density at radius 3 is 2.52 bits per heavy atom. The number of anilines is 1. The molecule has 1 aromatic carbocycles. The lowest BCUT2D eigenvalue weighted by molar-refractivity contribution is 0.0697. The Bertz CT molecular complexity index is 674. The summed E-state index contributed by atoms with van der Waals surface area (Å²) in [6.07, 6.45) is 1.45. The monoisotopic (exact) mass is 372 g/mol. The summed E-state index contributed by atoms with van der Waals surface area (Å²) >= 11 is 0. The SMILES string of the molecule is CC[C@H](C)Nc1ccc(S(=O)(=O)NCCCOC(C)C)cc1C(=O)O. The first-order chi connectivity index (χ1) is 11.7. The van der Waals surface area contributed by atoms with E-state index < -0.39 is 16.0 Å². The van der Waals surface area contributed by atoms with Crippen LogP contribution in [0, 0.1) is 0 Å². The third-order valence-electron chi connectivity index (χ3n) is 3.61. The first-order valence-corrected chi connectivity index (χ1v) is 9.90. The number of sulfonamides is 1. The van der Waals surface area contributed by atoms with Gasteiger partial charge in [0, 0.05) is 24.9 Å². The summed E-state index contributed by atoms with van der Waals surface area (Å²) in [6, 6.07) is 4.16. The fraction of sp³-hybridized carbons (Fsp3) is 0.588. The summed E-state index contributed by atoms with van der Waals surface area (Å²) < 4.78 is 32.5. The van der Waals surface area contributed by atoms with Gasteiger partial charge in [-0.25, -0.2) is 17.9 Å². The zero-order valence-electron chi connectivity index (χ0n) is 15.2. The second kappa shape index (κ2) is 9.74. The smallest absolute Gasteiger partial charge is 0.337 e. The molecular formula is C17H28N2O5S. The van der Waals surface area contributed by atoms with Crippen molar-refractivity contribution in [2.45, 2.75) is 57.6 Å². The van der Waals surface area contributed by atoms with Crippen LogP contribution < -0.4 is 10.0 Å². The summed E-state index contributed by atoms with van der Waals surface area (Å²) in [6.45, 7) is 8.41. The lowest BCUT2D eigenvalue weighted by atomic mass is 10.1. The molecular weight excluding hydrogens is 344 g/mol. The van der Waals surface area contributed by atoms with Crippen molar-refractivity contribution in [1.29, 1.82) is 0 Å². The number of benzene rings is 1. The Morgan fingerprint density at radius 1 is 1.28 bits per heavy atom. The number of hydrogen-bond donors (Lipinski definition) is 3. The van der Waals surface area contributed by atoms with Gasteiger partial charge in [0.05, 0.1) is 16.6 Å². The van der Waals surface area contributed by atoms with Crippen LogP contribution in [-0.2, 0) is 14.8 Å². The van der Waals surface area contributed by atoms with Crippen molar-refractivity contribution in [3.05, 3.63) is 23.8 Å². The van der Waals surface area contributed by atoms with E-state index in [0.29, 0.717) is 18.7 Å². The molecule has 0 bridgehead atoms. The van der Waals surface area contributed by atoms with Crippen LogP contribution in [0.2, 0.25) is 0 Å². The molecule has 1 rings (SSSR count). The molecule has 0 radical (unpaired) electrons. The van der Waals surface area contributed by atoms with E-state index >= 15 is 0 Å². The Morgan fingerprint density at radius 2 is 1.96 bits per heavy atom. The van der Waals surface area contributed by atoms with E-state index in [2.05, 4.69) is 10.0 Å². The van der Waals surface area contributed by atoms with Crippen molar-refractivity contribution >= 4 is 21.7 Å². The van der Waals surface area contributed by atoms with Crippen LogP contribution in [0.3, 0.4) is 0 Å². The van der Waals surface area contributed by atoms with Crippen molar-refractivity contribution in [2.75, 3.05) is 18.5 Å². The van der Waals surface area contributed by atoms with E-state index in [0.717, 1.165) is 6.42 Å². The molecule has 1 aromatic rings. The fourth-order valence-electron chi connectivity index (χ4n) is 2.04. The van der Waals surface area contributed by atoms with Gasteiger partial charge in [-0.3, -0.25) is 0 Å². The van der Waals surface area contributed by atoms with Crippen LogP contribution in [0.25, 0.3) is 0 Å². The minimum absolute atomic E-state index is 0.0636. The van der Waals surface area contributed by atoms with Gasteiger partial charge in [0.15, 0.2) is 0 Å². The van der Waals surface area contributed by atoms with E-state index in [1.54, 1.807) is 0 Å². The summed E-state index contributed by atoms with van der Waals surface area (Å²) in [4.78, 5) is 11.4. The van der Waals surface area contributed by atoms with E-state index in [-0.39, 0.29) is 29.1 Å². The van der Waals surface area contributed by atoms with Crippen LogP contribution in [-0.4, -0.2) is 44.8 Å². The third-order valence-corrected chi connectivity index (χ3v) is 5.07. The number of aromatic carboxylic acids is 1. The number of rotatable bonds is 11. The lowest BCUT2D eigenvalue weighted by Crippen LogP contribution is -2.26. The molecule has 0 fully saturated rings. The van der Waals surface area contributed by atoms with Gasteiger partial charge in [0.2, 0.25) is 10.0 Å². The average Bonchev–Trinajstić information content (AvgIpc) is 2.53. The van der Waals surface area contributed by atoms with Gasteiger partial charge in [0.25, 0.3) is 0 Å². The highest BCUT2D eigenvalue weighted by Gasteiger charge is 2.19. The Hall–Kier alpha value is -1.64. The first-order valence-electron chi connectivity index (χ1n) is 8.42. The first kappa shape index (κ1) is 21.4. The van der Waals surface area contributed by atoms with E-state index in [4.69, 9.17) is 4.74 Å². The Labute approximate surface area is 149 Å². The molecule has 0 unspecified atom stereocenters. The van der Waals surface area contributed by atoms with Crippen molar-refractivity contribution < 1.29 is 23.1 Å². The quantitative estimate of drug-likeness (QED) is 0.516. The number of ether oxygens (including phenoxy) is 1. The minimum atomic E-state index is -3.76. The summed E-state index contributed by atoms with van der Waals surface area (Å²) in [5.74, 6) is -1.17. The molecule has 142 valence electrons. The molecule has 3 N–H and O–H groups in total. The maximum absolute atomic E-state index is 12.3. The molecule has 0 saturated carbocycles. The van der Waals surface area contributed by atoms with E-state index in [1.165, 1.54) is 18.2 Å². The van der Waals surface area contributed by atoms with Gasteiger partial charge >= 0.3 is 5.97 Å². The molecule has 1 atom stereocenters. The highest BCUT2D eigenvalue weighted by molar-refractivity contribution is 7.89. The summed E-state index contributed by atoms with van der Waals surface area (Å²) in [5, 5.41) is 12.4. The Kier molecular flexibility index (Phi) is 8.34. The number of carbonyl (C=O) groups is 1. The van der Waals surface area contributed by atoms with Gasteiger partial charge in [-0.1, -0.05) is 6.92 Å². The van der Waals surface area contributed by atoms with Crippen LogP contribution in [0.15, 0.2) is 23.1 Å². The van der Waals surface area contributed by atoms with E-state index in [9.17, 15) is 18.3 Å². The Balaban J connectivity index is 2.86. The van der Waals surface area contributed by atoms with Gasteiger partial charge < -0.3 is 15.2 Å². The van der Waals surface area contributed by atoms with E-state index in [1.807, 2.05) is 27.7 Å². The normalized spacial score (nSPS) is 13.0. The molecule has 0 aromatic heterocycles. The molecule has 8 heteroatoms. The van der Waals surface area contributed by atoms with Gasteiger partial charge in [-0.15, -0.1) is 0 Å². The third kappa shape index (κ3) is 7.01. The van der Waals surface area contributed by atoms with Crippen molar-refractivity contribution in [3.63, 3.8) is 0 Å². The molecule has 0 aliphatic carbocycles. The molecule has 0 spiro atoms. The summed E-state index contributed by atoms with van der Waals surface area (Å²) in [5.41, 5.74) is 0.345. The zero-order chi connectivity index (χ0) is 19.0. The molecule has 0 aliphatic rings. The van der Waals surface area contributed by atoms with Crippen LogP contribution in [0.4, 0.5) is 5.69 Å². The standard InChI is InChI=1S/C17H28N2O5S/c1-5-13(4)19-16-8-7-14(11-15(16)17(20)21)25(22,23)18-9-6-10-24-12(2)3/h7-8,11-13,18-19H,5-6,9-10H2,1-4H3,(H,20,21)/t13-/m0/s1. The van der Waals surface area contributed by atoms with Gasteiger partial charge in [-0.2, -0.15) is 0 Å². The van der Waals surface area contributed by atoms with Crippen molar-refractivity contribution in [3.8, 4) is 0 Å². The highest BCUT2D eigenvalue weighted by atomic mass is 32.2. The molecule has 0 heterocycles. The lowest BCUT2D eigenvalue weighted by Gasteiger charge is -2.16. The largest absolute Gasteiger partial charge is 0.478 e. The summed E-state index contributed by atoms with van der Waals surface area (Å²) in [7, 11) is -3.76. The van der Waals surface area contributed by atoms with Crippen LogP contribution in [0.5, 0.6) is 0 Å². The van der Waals surface area contributed by atoms with Gasteiger partial charge in [-0.05, 0) is 51.8 Å². The maximum atomic E-state index is 12.3. The molecule has 0 amide bonds. The van der Waals surface area contributed by atoms with Crippen LogP contribution in [0.1, 0.15) is 50.9 Å². The number of carboxylic acids is 1. The number of hydrogen-bond acceptors (Lipinski definition) is 5. The van der Waals surface area contributed by atoms with Crippen LogP contribution >= 0.6 is 0 Å². The minimum Gasteiger partial charge on any atom is -0.478 e. The van der Waals surface area contributed by atoms with Crippen molar-refractivity contribution in [1.82, 2.24) is 4.72 Å². The molecule has 7 nitrogen and oxygen atoms in total. The van der Waals surface area contributed by atoms with Gasteiger partial charge in [0.1, 0.15) is 0 Å². The molecule has 0 saturated heterocycles. The predicted octanol–water partition coefficient (Wildman–Crippen LogP) is 2.69. The highest BCUT2D eigenvalue weighted by Crippen LogP contribution is 2.22. The second-order valence-electron chi connectivity index (χ2n) is 6.14. The number of carboxylic acid groups (broad SMARTS) is 1. The maximum Gasteiger partial charge on any atom is 0.337 e. The fourth-order valence-corrected chi connectivity index (χ4v) is 3.14. The molecule has 0 aliphatic heterocycles. The zero-order valence-corrected chi connectivity index (χ0v) is 16.0. The topological polar surface area (TPSA) is 105 Å². The number of nitrogens with one attached hydrogen (secondary N) is 2. The van der Waals surface area contributed by atoms with Crippen molar-refractivity contribution in [2.24, 2.45) is 0 Å². The predicted molar refractivity (Wildman–Crippen MR) is 97.7 cm³/mol. The molecule has 25 heavy (non-hydrogen) atoms. The average molecular weight is 372 g/mol. The second-order valence-corrected chi connectivity index (χ2v) is 7.90.